The molecule has 0 aromatic heterocycles. The van der Waals surface area contributed by atoms with Gasteiger partial charge in [-0.2, -0.15) is 0 Å². The number of aryl methyl sites for hydroxylation is 1. The lowest BCUT2D eigenvalue weighted by Gasteiger charge is -2.16. The van der Waals surface area contributed by atoms with Crippen molar-refractivity contribution >= 4 is 11.9 Å². The lowest BCUT2D eigenvalue weighted by atomic mass is 9.95. The average Bonchev–Trinajstić information content (AvgIpc) is 2.30. The molecule has 2 heteroatoms. The first-order chi connectivity index (χ1) is 7.60. The van der Waals surface area contributed by atoms with E-state index in [4.69, 9.17) is 5.41 Å². The largest absolute Gasteiger partial charge is 0.388 e. The smallest absolute Gasteiger partial charge is 0.0402 e. The molecule has 90 valence electrons. The normalized spacial score (nSPS) is 9.44. The number of rotatable bonds is 3. The fraction of sp³-hybridized carbons (Fsp3) is 0.500. The Morgan fingerprint density at radius 1 is 1.25 bits per heavy atom. The Labute approximate surface area is 99.6 Å². The van der Waals surface area contributed by atoms with Crippen molar-refractivity contribution in [2.24, 2.45) is 0 Å². The van der Waals surface area contributed by atoms with Crippen molar-refractivity contribution in [3.05, 3.63) is 28.8 Å². The van der Waals surface area contributed by atoms with Crippen LogP contribution < -0.4 is 5.32 Å². The van der Waals surface area contributed by atoms with E-state index in [1.807, 2.05) is 27.0 Å². The second-order valence-corrected chi connectivity index (χ2v) is 3.85. The third-order valence-electron chi connectivity index (χ3n) is 2.43. The van der Waals surface area contributed by atoms with Gasteiger partial charge in [0, 0.05) is 18.9 Å². The summed E-state index contributed by atoms with van der Waals surface area (Å²) in [6, 6.07) is 4.11. The summed E-state index contributed by atoms with van der Waals surface area (Å²) in [5, 5.41) is 10.5. The molecule has 0 saturated carbocycles. The van der Waals surface area contributed by atoms with Gasteiger partial charge >= 0.3 is 0 Å². The molecule has 0 unspecified atom stereocenters. The Morgan fingerprint density at radius 2 is 1.81 bits per heavy atom. The van der Waals surface area contributed by atoms with Crippen LogP contribution >= 0.6 is 0 Å². The van der Waals surface area contributed by atoms with Gasteiger partial charge in [0.25, 0.3) is 0 Å². The third kappa shape index (κ3) is 3.37. The van der Waals surface area contributed by atoms with Gasteiger partial charge in [-0.3, -0.25) is 0 Å². The maximum atomic E-state index is 7.26. The quantitative estimate of drug-likeness (QED) is 0.736. The van der Waals surface area contributed by atoms with Crippen molar-refractivity contribution in [2.75, 3.05) is 12.4 Å². The highest BCUT2D eigenvalue weighted by Gasteiger charge is 2.09. The van der Waals surface area contributed by atoms with E-state index in [1.165, 1.54) is 23.0 Å². The molecule has 1 aromatic carbocycles. The first kappa shape index (κ1) is 14.7. The summed E-state index contributed by atoms with van der Waals surface area (Å²) in [7, 11) is 1.94. The number of benzene rings is 1. The van der Waals surface area contributed by atoms with Crippen LogP contribution in [0.15, 0.2) is 12.1 Å². The number of anilines is 1. The van der Waals surface area contributed by atoms with E-state index < -0.39 is 0 Å². The van der Waals surface area contributed by atoms with Crippen LogP contribution in [0, 0.1) is 12.3 Å². The van der Waals surface area contributed by atoms with Crippen LogP contribution in [0.1, 0.15) is 50.3 Å². The molecule has 16 heavy (non-hydrogen) atoms. The van der Waals surface area contributed by atoms with Crippen molar-refractivity contribution < 1.29 is 0 Å². The van der Waals surface area contributed by atoms with Crippen molar-refractivity contribution in [1.29, 1.82) is 5.41 Å². The molecule has 0 heterocycles. The first-order valence-electron chi connectivity index (χ1n) is 5.93. The fourth-order valence-corrected chi connectivity index (χ4v) is 1.72. The fourth-order valence-electron chi connectivity index (χ4n) is 1.72. The van der Waals surface area contributed by atoms with Crippen LogP contribution in [-0.4, -0.2) is 13.3 Å². The van der Waals surface area contributed by atoms with Crippen molar-refractivity contribution in [1.82, 2.24) is 0 Å². The minimum absolute atomic E-state index is 0.482. The molecule has 0 saturated heterocycles. The van der Waals surface area contributed by atoms with Gasteiger partial charge in [0.1, 0.15) is 0 Å². The minimum Gasteiger partial charge on any atom is -0.388 e. The van der Waals surface area contributed by atoms with Crippen LogP contribution in [-0.2, 0) is 0 Å². The summed E-state index contributed by atoms with van der Waals surface area (Å²) < 4.78 is 0. The Hall–Kier alpha value is -1.31. The van der Waals surface area contributed by atoms with E-state index in [1.54, 1.807) is 0 Å². The predicted molar refractivity (Wildman–Crippen MR) is 74.0 cm³/mol. The predicted octanol–water partition coefficient (Wildman–Crippen LogP) is 4.18. The Morgan fingerprint density at radius 3 is 2.19 bits per heavy atom. The summed E-state index contributed by atoms with van der Waals surface area (Å²) in [6.07, 6.45) is 1.40. The number of nitrogens with one attached hydrogen (secondary N) is 2. The van der Waals surface area contributed by atoms with E-state index in [9.17, 15) is 0 Å². The van der Waals surface area contributed by atoms with Crippen LogP contribution in [0.25, 0.3) is 0 Å². The maximum absolute atomic E-state index is 7.26. The summed E-state index contributed by atoms with van der Waals surface area (Å²) >= 11 is 0. The minimum atomic E-state index is 0.482. The zero-order chi connectivity index (χ0) is 12.7. The summed E-state index contributed by atoms with van der Waals surface area (Å²) in [4.78, 5) is 0. The second-order valence-electron chi connectivity index (χ2n) is 3.85. The van der Waals surface area contributed by atoms with Crippen LogP contribution in [0.3, 0.4) is 0 Å². The van der Waals surface area contributed by atoms with Crippen molar-refractivity contribution in [2.45, 2.75) is 40.5 Å². The van der Waals surface area contributed by atoms with Gasteiger partial charge in [0.2, 0.25) is 0 Å². The molecule has 0 amide bonds. The van der Waals surface area contributed by atoms with E-state index in [0.717, 1.165) is 5.56 Å². The zero-order valence-corrected chi connectivity index (χ0v) is 11.3. The average molecular weight is 220 g/mol. The highest BCUT2D eigenvalue weighted by molar-refractivity contribution is 5.80. The van der Waals surface area contributed by atoms with E-state index in [-0.39, 0.29) is 0 Å². The Balaban J connectivity index is 0.00000106. The van der Waals surface area contributed by atoms with Gasteiger partial charge in [0.15, 0.2) is 0 Å². The van der Waals surface area contributed by atoms with Gasteiger partial charge in [-0.15, -0.1) is 0 Å². The Kier molecular flexibility index (Phi) is 6.47. The first-order valence-corrected chi connectivity index (χ1v) is 5.93. The topological polar surface area (TPSA) is 35.9 Å². The van der Waals surface area contributed by atoms with Gasteiger partial charge in [-0.05, 0) is 41.7 Å². The zero-order valence-electron chi connectivity index (χ0n) is 11.3. The molecule has 0 atom stereocenters. The van der Waals surface area contributed by atoms with Gasteiger partial charge < -0.3 is 10.7 Å². The summed E-state index contributed by atoms with van der Waals surface area (Å²) in [5.74, 6) is 0.482. The third-order valence-corrected chi connectivity index (χ3v) is 2.43. The summed E-state index contributed by atoms with van der Waals surface area (Å²) in [5.41, 5.74) is 4.67. The monoisotopic (exact) mass is 220 g/mol. The van der Waals surface area contributed by atoms with Gasteiger partial charge in [0.05, 0.1) is 0 Å². The molecule has 1 rings (SSSR count). The Bertz CT molecular complexity index is 341. The molecule has 2 nitrogen and oxygen atoms in total. The molecule has 0 bridgehead atoms. The lowest BCUT2D eigenvalue weighted by molar-refractivity contribution is 0.866. The summed E-state index contributed by atoms with van der Waals surface area (Å²) in [6.45, 7) is 10.4. The lowest BCUT2D eigenvalue weighted by Crippen LogP contribution is -2.01. The molecular weight excluding hydrogens is 196 g/mol. The molecule has 0 aliphatic rings. The van der Waals surface area contributed by atoms with E-state index in [0.29, 0.717) is 5.92 Å². The van der Waals surface area contributed by atoms with Crippen LogP contribution in [0.2, 0.25) is 0 Å². The molecule has 1 aromatic rings. The van der Waals surface area contributed by atoms with Gasteiger partial charge in [-0.1, -0.05) is 27.7 Å². The standard InChI is InChI=1S/C12H18N2.C2H6/c1-8(2)11-6-10(7-13)5-9(3)12(11)14-4;1-2/h5-8,13-14H,1-4H3;1-2H3. The SMILES string of the molecule is CC.CNc1c(C)cc(C=N)cc1C(C)C. The molecule has 0 aliphatic carbocycles. The van der Waals surface area contributed by atoms with Crippen LogP contribution in [0.4, 0.5) is 5.69 Å². The molecular formula is C14H24N2. The number of hydrogen-bond acceptors (Lipinski definition) is 2. The van der Waals surface area contributed by atoms with Crippen LogP contribution in [0.5, 0.6) is 0 Å². The van der Waals surface area contributed by atoms with E-state index >= 15 is 0 Å². The van der Waals surface area contributed by atoms with E-state index in [2.05, 4.69) is 32.2 Å². The number of hydrogen-bond donors (Lipinski definition) is 2. The molecule has 0 aliphatic heterocycles. The van der Waals surface area contributed by atoms with Crippen molar-refractivity contribution in [3.8, 4) is 0 Å². The highest BCUT2D eigenvalue weighted by Crippen LogP contribution is 2.28. The molecule has 0 fully saturated rings. The highest BCUT2D eigenvalue weighted by atomic mass is 14.8. The molecule has 2 N–H and O–H groups in total. The molecule has 0 radical (unpaired) electrons. The van der Waals surface area contributed by atoms with Gasteiger partial charge in [-0.25, -0.2) is 0 Å². The van der Waals surface area contributed by atoms with Crippen molar-refractivity contribution in [3.63, 3.8) is 0 Å². The second kappa shape index (κ2) is 7.04. The maximum Gasteiger partial charge on any atom is 0.0402 e. The molecule has 0 spiro atoms.